The minimum absolute atomic E-state index is 0.00119. The lowest BCUT2D eigenvalue weighted by Crippen LogP contribution is -1.89. The number of aryl methyl sites for hydroxylation is 1. The molecule has 0 N–H and O–H groups in total. The SMILES string of the molecule is Cc1ccc([N+](=O)[O-])cc1-c1ccc(C=C(C#N)c2nc3ccccc3s2)o1. The number of hydrogen-bond donors (Lipinski definition) is 0. The molecule has 0 spiro atoms. The number of thiazole rings is 1. The number of nitro benzene ring substituents is 1. The van der Waals surface area contributed by atoms with Gasteiger partial charge in [0.15, 0.2) is 0 Å². The molecule has 2 heterocycles. The number of furan rings is 1. The number of rotatable bonds is 4. The highest BCUT2D eigenvalue weighted by atomic mass is 32.1. The summed E-state index contributed by atoms with van der Waals surface area (Å²) in [6.45, 7) is 1.86. The van der Waals surface area contributed by atoms with Gasteiger partial charge in [0.2, 0.25) is 0 Å². The van der Waals surface area contributed by atoms with Gasteiger partial charge in [-0.25, -0.2) is 4.98 Å². The van der Waals surface area contributed by atoms with E-state index < -0.39 is 4.92 Å². The molecule has 4 rings (SSSR count). The molecule has 0 atom stereocenters. The number of non-ortho nitro benzene ring substituents is 1. The Hall–Kier alpha value is -3.76. The molecular formula is C21H13N3O3S. The third kappa shape index (κ3) is 3.29. The number of aromatic nitrogens is 1. The second-order valence-corrected chi connectivity index (χ2v) is 7.15. The van der Waals surface area contributed by atoms with Crippen LogP contribution in [0.25, 0.3) is 33.2 Å². The van der Waals surface area contributed by atoms with Gasteiger partial charge in [-0.1, -0.05) is 18.2 Å². The van der Waals surface area contributed by atoms with E-state index in [1.165, 1.54) is 23.5 Å². The van der Waals surface area contributed by atoms with Crippen LogP contribution in [0.1, 0.15) is 16.3 Å². The highest BCUT2D eigenvalue weighted by molar-refractivity contribution is 7.19. The normalized spacial score (nSPS) is 11.5. The standard InChI is InChI=1S/C21H13N3O3S/c1-13-6-7-15(24(25)26)11-17(13)19-9-8-16(27-19)10-14(12-22)21-23-18-4-2-3-5-20(18)28-21/h2-11H,1H3. The quantitative estimate of drug-likeness (QED) is 0.249. The second-order valence-electron chi connectivity index (χ2n) is 6.11. The van der Waals surface area contributed by atoms with Gasteiger partial charge in [0.1, 0.15) is 22.6 Å². The predicted molar refractivity (Wildman–Crippen MR) is 109 cm³/mol. The Kier molecular flexibility index (Phi) is 4.47. The molecule has 4 aromatic rings. The third-order valence-electron chi connectivity index (χ3n) is 4.26. The first-order valence-corrected chi connectivity index (χ1v) is 9.20. The Balaban J connectivity index is 1.71. The highest BCUT2D eigenvalue weighted by Gasteiger charge is 2.14. The summed E-state index contributed by atoms with van der Waals surface area (Å²) in [6, 6.07) is 18.0. The van der Waals surface area contributed by atoms with Crippen LogP contribution in [-0.4, -0.2) is 9.91 Å². The van der Waals surface area contributed by atoms with Crippen LogP contribution in [0, 0.1) is 28.4 Å². The number of para-hydroxylation sites is 1. The number of nitriles is 1. The van der Waals surface area contributed by atoms with E-state index in [0.717, 1.165) is 15.8 Å². The van der Waals surface area contributed by atoms with Crippen LogP contribution < -0.4 is 0 Å². The van der Waals surface area contributed by atoms with Crippen molar-refractivity contribution in [3.05, 3.63) is 81.0 Å². The monoisotopic (exact) mass is 387 g/mol. The van der Waals surface area contributed by atoms with E-state index in [4.69, 9.17) is 4.42 Å². The minimum Gasteiger partial charge on any atom is -0.457 e. The van der Waals surface area contributed by atoms with Crippen LogP contribution >= 0.6 is 11.3 Å². The van der Waals surface area contributed by atoms with Gasteiger partial charge in [-0.05, 0) is 36.8 Å². The molecule has 0 aliphatic heterocycles. The molecule has 2 aromatic heterocycles. The van der Waals surface area contributed by atoms with E-state index in [1.54, 1.807) is 24.3 Å². The molecule has 0 bridgehead atoms. The van der Waals surface area contributed by atoms with E-state index in [2.05, 4.69) is 11.1 Å². The Bertz CT molecular complexity index is 1240. The first kappa shape index (κ1) is 17.6. The molecule has 0 aliphatic carbocycles. The number of nitrogens with zero attached hydrogens (tertiary/aromatic N) is 3. The fraction of sp³-hybridized carbons (Fsp3) is 0.0476. The van der Waals surface area contributed by atoms with E-state index in [1.807, 2.05) is 31.2 Å². The molecule has 0 fully saturated rings. The Morgan fingerprint density at radius 1 is 1.25 bits per heavy atom. The van der Waals surface area contributed by atoms with Crippen molar-refractivity contribution in [2.45, 2.75) is 6.92 Å². The Morgan fingerprint density at radius 2 is 2.07 bits per heavy atom. The van der Waals surface area contributed by atoms with Gasteiger partial charge in [-0.2, -0.15) is 5.26 Å². The Morgan fingerprint density at radius 3 is 2.82 bits per heavy atom. The minimum atomic E-state index is -0.437. The average Bonchev–Trinajstić information content (AvgIpc) is 3.33. The number of benzene rings is 2. The van der Waals surface area contributed by atoms with Crippen molar-refractivity contribution >= 4 is 38.9 Å². The van der Waals surface area contributed by atoms with Gasteiger partial charge in [0, 0.05) is 23.8 Å². The van der Waals surface area contributed by atoms with Crippen molar-refractivity contribution in [2.24, 2.45) is 0 Å². The summed E-state index contributed by atoms with van der Waals surface area (Å²) < 4.78 is 6.85. The fourth-order valence-corrected chi connectivity index (χ4v) is 3.77. The van der Waals surface area contributed by atoms with Crippen molar-refractivity contribution in [1.29, 1.82) is 5.26 Å². The second kappa shape index (κ2) is 7.10. The molecule has 2 aromatic carbocycles. The van der Waals surface area contributed by atoms with Crippen LogP contribution in [-0.2, 0) is 0 Å². The largest absolute Gasteiger partial charge is 0.457 e. The first-order valence-electron chi connectivity index (χ1n) is 8.38. The highest BCUT2D eigenvalue weighted by Crippen LogP contribution is 2.32. The summed E-state index contributed by atoms with van der Waals surface area (Å²) in [6.07, 6.45) is 1.63. The Labute approximate surface area is 164 Å². The van der Waals surface area contributed by atoms with Gasteiger partial charge < -0.3 is 4.42 Å². The van der Waals surface area contributed by atoms with Gasteiger partial charge in [-0.3, -0.25) is 10.1 Å². The molecule has 0 saturated carbocycles. The summed E-state index contributed by atoms with van der Waals surface area (Å²) in [5, 5.41) is 21.2. The third-order valence-corrected chi connectivity index (χ3v) is 5.33. The predicted octanol–water partition coefficient (Wildman–Crippen LogP) is 5.84. The van der Waals surface area contributed by atoms with Gasteiger partial charge in [0.05, 0.1) is 20.7 Å². The molecule has 28 heavy (non-hydrogen) atoms. The van der Waals surface area contributed by atoms with Crippen LogP contribution in [0.4, 0.5) is 5.69 Å². The number of nitro groups is 1. The summed E-state index contributed by atoms with van der Waals surface area (Å²) in [5.74, 6) is 0.991. The van der Waals surface area contributed by atoms with Gasteiger partial charge in [-0.15, -0.1) is 11.3 Å². The molecule has 0 amide bonds. The van der Waals surface area contributed by atoms with Crippen molar-refractivity contribution in [3.8, 4) is 17.4 Å². The zero-order chi connectivity index (χ0) is 19.7. The maximum absolute atomic E-state index is 11.0. The first-order chi connectivity index (χ1) is 13.5. The fourth-order valence-electron chi connectivity index (χ4n) is 2.84. The zero-order valence-corrected chi connectivity index (χ0v) is 15.6. The summed E-state index contributed by atoms with van der Waals surface area (Å²) in [7, 11) is 0. The lowest BCUT2D eigenvalue weighted by molar-refractivity contribution is -0.384. The van der Waals surface area contributed by atoms with E-state index in [9.17, 15) is 15.4 Å². The summed E-state index contributed by atoms with van der Waals surface area (Å²) in [5.41, 5.74) is 2.75. The topological polar surface area (TPSA) is 93.0 Å². The van der Waals surface area contributed by atoms with Crippen molar-refractivity contribution in [1.82, 2.24) is 4.98 Å². The van der Waals surface area contributed by atoms with Crippen LogP contribution in [0.3, 0.4) is 0 Å². The van der Waals surface area contributed by atoms with Crippen molar-refractivity contribution in [3.63, 3.8) is 0 Å². The lowest BCUT2D eigenvalue weighted by Gasteiger charge is -2.02. The number of fused-ring (bicyclic) bond motifs is 1. The lowest BCUT2D eigenvalue weighted by atomic mass is 10.1. The average molecular weight is 387 g/mol. The molecule has 6 nitrogen and oxygen atoms in total. The molecule has 0 unspecified atom stereocenters. The number of allylic oxidation sites excluding steroid dienone is 1. The maximum atomic E-state index is 11.0. The maximum Gasteiger partial charge on any atom is 0.270 e. The molecule has 0 saturated heterocycles. The van der Waals surface area contributed by atoms with E-state index in [-0.39, 0.29) is 5.69 Å². The number of hydrogen-bond acceptors (Lipinski definition) is 6. The van der Waals surface area contributed by atoms with Crippen LogP contribution in [0.5, 0.6) is 0 Å². The van der Waals surface area contributed by atoms with Crippen molar-refractivity contribution < 1.29 is 9.34 Å². The van der Waals surface area contributed by atoms with Gasteiger partial charge >= 0.3 is 0 Å². The summed E-state index contributed by atoms with van der Waals surface area (Å²) in [4.78, 5) is 15.1. The zero-order valence-electron chi connectivity index (χ0n) is 14.7. The molecule has 136 valence electrons. The molecule has 0 radical (unpaired) electrons. The summed E-state index contributed by atoms with van der Waals surface area (Å²) >= 11 is 1.44. The van der Waals surface area contributed by atoms with E-state index in [0.29, 0.717) is 27.7 Å². The molecule has 0 aliphatic rings. The molecule has 7 heteroatoms. The van der Waals surface area contributed by atoms with E-state index >= 15 is 0 Å². The van der Waals surface area contributed by atoms with Crippen LogP contribution in [0.15, 0.2) is 59.0 Å². The van der Waals surface area contributed by atoms with Gasteiger partial charge in [0.25, 0.3) is 5.69 Å². The van der Waals surface area contributed by atoms with Crippen molar-refractivity contribution in [2.75, 3.05) is 0 Å². The van der Waals surface area contributed by atoms with Crippen LogP contribution in [0.2, 0.25) is 0 Å². The smallest absolute Gasteiger partial charge is 0.270 e. The molecular weight excluding hydrogens is 374 g/mol.